The van der Waals surface area contributed by atoms with E-state index in [4.69, 9.17) is 13.9 Å². The number of rotatable bonds is 10. The number of benzene rings is 2. The van der Waals surface area contributed by atoms with Crippen LogP contribution in [-0.2, 0) is 10.0 Å². The molecular formula is C26H33N3O5S. The molecule has 2 heterocycles. The van der Waals surface area contributed by atoms with E-state index in [2.05, 4.69) is 26.7 Å². The maximum Gasteiger partial charge on any atom is 0.240 e. The number of nitrogens with one attached hydrogen (secondary N) is 1. The number of nitrogens with zero attached hydrogens (tertiary/aromatic N) is 2. The van der Waals surface area contributed by atoms with Gasteiger partial charge < -0.3 is 18.8 Å². The summed E-state index contributed by atoms with van der Waals surface area (Å²) in [6.45, 7) is 7.70. The summed E-state index contributed by atoms with van der Waals surface area (Å²) in [5, 5.41) is 0. The Morgan fingerprint density at radius 2 is 1.80 bits per heavy atom. The van der Waals surface area contributed by atoms with Crippen molar-refractivity contribution >= 4 is 15.7 Å². The third-order valence-corrected chi connectivity index (χ3v) is 7.71. The molecule has 1 unspecified atom stereocenters. The minimum atomic E-state index is -3.70. The Morgan fingerprint density at radius 3 is 2.40 bits per heavy atom. The monoisotopic (exact) mass is 499 g/mol. The zero-order valence-electron chi connectivity index (χ0n) is 20.4. The lowest BCUT2D eigenvalue weighted by Gasteiger charge is -2.39. The van der Waals surface area contributed by atoms with Gasteiger partial charge in [0.15, 0.2) is 0 Å². The lowest BCUT2D eigenvalue weighted by Crippen LogP contribution is -2.49. The number of sulfonamides is 1. The molecule has 0 aliphatic carbocycles. The Hall–Kier alpha value is -3.01. The molecule has 9 heteroatoms. The zero-order valence-corrected chi connectivity index (χ0v) is 21.3. The quantitative estimate of drug-likeness (QED) is 0.454. The number of aryl methyl sites for hydroxylation is 1. The maximum atomic E-state index is 13.1. The standard InChI is InChI=1S/C26H33N3O5S/c1-4-33-25-12-11-23(18-20(25)2)35(30,31)27-19-24(26-6-5-17-34-26)29-15-13-28(14-16-29)21-7-9-22(32-3)10-8-21/h5-12,17-18,24,27H,4,13-16,19H2,1-3H3. The lowest BCUT2D eigenvalue weighted by molar-refractivity contribution is 0.166. The van der Waals surface area contributed by atoms with E-state index in [1.165, 1.54) is 0 Å². The SMILES string of the molecule is CCOc1ccc(S(=O)(=O)NCC(c2ccco2)N2CCN(c3ccc(OC)cc3)CC2)cc1C. The molecular weight excluding hydrogens is 466 g/mol. The van der Waals surface area contributed by atoms with Gasteiger partial charge >= 0.3 is 0 Å². The second-order valence-electron chi connectivity index (χ2n) is 8.46. The van der Waals surface area contributed by atoms with Crippen LogP contribution in [0.25, 0.3) is 0 Å². The summed E-state index contributed by atoms with van der Waals surface area (Å²) in [7, 11) is -2.04. The third-order valence-electron chi connectivity index (χ3n) is 6.29. The molecule has 1 saturated heterocycles. The Balaban J connectivity index is 1.43. The molecule has 8 nitrogen and oxygen atoms in total. The van der Waals surface area contributed by atoms with Crippen molar-refractivity contribution in [3.8, 4) is 11.5 Å². The first-order valence-electron chi connectivity index (χ1n) is 11.8. The molecule has 2 aromatic carbocycles. The average molecular weight is 500 g/mol. The van der Waals surface area contributed by atoms with Crippen molar-refractivity contribution in [3.63, 3.8) is 0 Å². The van der Waals surface area contributed by atoms with Crippen LogP contribution in [0, 0.1) is 6.92 Å². The summed E-state index contributed by atoms with van der Waals surface area (Å²) in [6, 6.07) is 16.5. The second-order valence-corrected chi connectivity index (χ2v) is 10.2. The van der Waals surface area contributed by atoms with Crippen LogP contribution in [0.3, 0.4) is 0 Å². The first kappa shape index (κ1) is 25.1. The lowest BCUT2D eigenvalue weighted by atomic mass is 10.1. The number of ether oxygens (including phenoxy) is 2. The van der Waals surface area contributed by atoms with Crippen molar-refractivity contribution in [3.05, 3.63) is 72.2 Å². The molecule has 0 amide bonds. The predicted octanol–water partition coefficient (Wildman–Crippen LogP) is 3.84. The number of furan rings is 1. The Labute approximate surface area is 207 Å². The van der Waals surface area contributed by atoms with E-state index in [1.807, 2.05) is 38.1 Å². The van der Waals surface area contributed by atoms with Gasteiger partial charge in [0.05, 0.1) is 30.9 Å². The van der Waals surface area contributed by atoms with Crippen molar-refractivity contribution in [1.29, 1.82) is 0 Å². The molecule has 1 aliphatic rings. The average Bonchev–Trinajstić information content (AvgIpc) is 3.40. The highest BCUT2D eigenvalue weighted by molar-refractivity contribution is 7.89. The van der Waals surface area contributed by atoms with E-state index in [0.29, 0.717) is 12.4 Å². The number of anilines is 1. The normalized spacial score (nSPS) is 15.7. The van der Waals surface area contributed by atoms with Gasteiger partial charge in [0, 0.05) is 38.4 Å². The highest BCUT2D eigenvalue weighted by Gasteiger charge is 2.29. The molecule has 1 aliphatic heterocycles. The summed E-state index contributed by atoms with van der Waals surface area (Å²) in [6.07, 6.45) is 1.63. The van der Waals surface area contributed by atoms with Crippen molar-refractivity contribution in [2.24, 2.45) is 0 Å². The second kappa shape index (κ2) is 11.2. The van der Waals surface area contributed by atoms with Gasteiger partial charge in [-0.05, 0) is 74.0 Å². The van der Waals surface area contributed by atoms with E-state index in [1.54, 1.807) is 31.6 Å². The number of hydrogen-bond donors (Lipinski definition) is 1. The predicted molar refractivity (Wildman–Crippen MR) is 136 cm³/mol. The molecule has 1 fully saturated rings. The summed E-state index contributed by atoms with van der Waals surface area (Å²) >= 11 is 0. The molecule has 1 aromatic heterocycles. The first-order chi connectivity index (χ1) is 16.9. The minimum Gasteiger partial charge on any atom is -0.497 e. The molecule has 4 rings (SSSR count). The van der Waals surface area contributed by atoms with Gasteiger partial charge in [0.1, 0.15) is 17.3 Å². The largest absolute Gasteiger partial charge is 0.497 e. The number of piperazine rings is 1. The smallest absolute Gasteiger partial charge is 0.240 e. The Morgan fingerprint density at radius 1 is 1.06 bits per heavy atom. The fourth-order valence-corrected chi connectivity index (χ4v) is 5.48. The van der Waals surface area contributed by atoms with Crippen LogP contribution >= 0.6 is 0 Å². The Kier molecular flexibility index (Phi) is 8.00. The molecule has 0 spiro atoms. The molecule has 0 bridgehead atoms. The maximum absolute atomic E-state index is 13.1. The molecule has 3 aromatic rings. The third kappa shape index (κ3) is 5.98. The highest BCUT2D eigenvalue weighted by atomic mass is 32.2. The van der Waals surface area contributed by atoms with Gasteiger partial charge in [0.25, 0.3) is 0 Å². The molecule has 1 N–H and O–H groups in total. The minimum absolute atomic E-state index is 0.207. The van der Waals surface area contributed by atoms with E-state index in [9.17, 15) is 8.42 Å². The van der Waals surface area contributed by atoms with E-state index in [-0.39, 0.29) is 17.5 Å². The van der Waals surface area contributed by atoms with Crippen LogP contribution in [0.4, 0.5) is 5.69 Å². The van der Waals surface area contributed by atoms with Crippen molar-refractivity contribution in [2.75, 3.05) is 51.3 Å². The fraction of sp³-hybridized carbons (Fsp3) is 0.385. The summed E-state index contributed by atoms with van der Waals surface area (Å²) in [5.74, 6) is 2.27. The van der Waals surface area contributed by atoms with E-state index in [0.717, 1.165) is 48.9 Å². The van der Waals surface area contributed by atoms with Crippen molar-refractivity contribution < 1.29 is 22.3 Å². The molecule has 35 heavy (non-hydrogen) atoms. The molecule has 0 radical (unpaired) electrons. The van der Waals surface area contributed by atoms with E-state index >= 15 is 0 Å². The molecule has 1 atom stereocenters. The number of hydrogen-bond acceptors (Lipinski definition) is 7. The van der Waals surface area contributed by atoms with Gasteiger partial charge in [-0.1, -0.05) is 0 Å². The van der Waals surface area contributed by atoms with Crippen molar-refractivity contribution in [2.45, 2.75) is 24.8 Å². The molecule has 0 saturated carbocycles. The van der Waals surface area contributed by atoms with Crippen molar-refractivity contribution in [1.82, 2.24) is 9.62 Å². The molecule has 188 valence electrons. The van der Waals surface area contributed by atoms with Gasteiger partial charge in [0.2, 0.25) is 10.0 Å². The zero-order chi connectivity index (χ0) is 24.8. The van der Waals surface area contributed by atoms with Crippen LogP contribution < -0.4 is 19.1 Å². The van der Waals surface area contributed by atoms with Gasteiger partial charge in [-0.2, -0.15) is 0 Å². The van der Waals surface area contributed by atoms with Crippen LogP contribution in [0.2, 0.25) is 0 Å². The van der Waals surface area contributed by atoms with Crippen LogP contribution in [-0.4, -0.2) is 59.8 Å². The van der Waals surface area contributed by atoms with Crippen LogP contribution in [0.5, 0.6) is 11.5 Å². The summed E-state index contributed by atoms with van der Waals surface area (Å²) in [4.78, 5) is 4.81. The summed E-state index contributed by atoms with van der Waals surface area (Å²) < 4.78 is 45.5. The number of methoxy groups -OCH3 is 1. The van der Waals surface area contributed by atoms with Crippen LogP contribution in [0.15, 0.2) is 70.2 Å². The van der Waals surface area contributed by atoms with Gasteiger partial charge in [-0.15, -0.1) is 0 Å². The summed E-state index contributed by atoms with van der Waals surface area (Å²) in [5.41, 5.74) is 1.93. The van der Waals surface area contributed by atoms with Gasteiger partial charge in [-0.3, -0.25) is 4.90 Å². The highest BCUT2D eigenvalue weighted by Crippen LogP contribution is 2.27. The Bertz CT molecular complexity index is 1190. The topological polar surface area (TPSA) is 84.2 Å². The fourth-order valence-electron chi connectivity index (χ4n) is 4.35. The van der Waals surface area contributed by atoms with Crippen LogP contribution in [0.1, 0.15) is 24.3 Å². The van der Waals surface area contributed by atoms with E-state index < -0.39 is 10.0 Å². The van der Waals surface area contributed by atoms with Gasteiger partial charge in [-0.25, -0.2) is 13.1 Å². The first-order valence-corrected chi connectivity index (χ1v) is 13.3.